The Balaban J connectivity index is 1.23. The van der Waals surface area contributed by atoms with Crippen LogP contribution in [0.15, 0.2) is 72.8 Å². The fourth-order valence-corrected chi connectivity index (χ4v) is 9.67. The highest BCUT2D eigenvalue weighted by Crippen LogP contribution is 2.63. The minimum absolute atomic E-state index is 0.0628. The number of esters is 1. The standard InChI is InChI=1S/C42H56O3S/c1-8-41(29-45-37(43)20-19-30-25-33(39(2,3)4)38(44)34(26-30)40(5,6)7)21-23-42(24-22-41)27-35(31-15-11-9-12-16-31)46-36(28-42)32-17-13-10-14-18-32/h9-18,25-26,35-36,44H,8,19-24,27-29H2,1-7H3. The maximum absolute atomic E-state index is 13.2. The number of phenols is 1. The second kappa shape index (κ2) is 13.8. The normalized spacial score (nSPS) is 25.4. The zero-order valence-corrected chi connectivity index (χ0v) is 30.1. The highest BCUT2D eigenvalue weighted by Gasteiger charge is 2.47. The third kappa shape index (κ3) is 8.04. The van der Waals surface area contributed by atoms with Crippen molar-refractivity contribution in [2.24, 2.45) is 10.8 Å². The van der Waals surface area contributed by atoms with E-state index in [1.165, 1.54) is 36.8 Å². The molecule has 0 amide bonds. The van der Waals surface area contributed by atoms with Crippen molar-refractivity contribution in [3.8, 4) is 5.75 Å². The number of carbonyl (C=O) groups excluding carboxylic acids is 1. The van der Waals surface area contributed by atoms with Gasteiger partial charge < -0.3 is 9.84 Å². The van der Waals surface area contributed by atoms with Crippen molar-refractivity contribution in [1.82, 2.24) is 0 Å². The van der Waals surface area contributed by atoms with Crippen LogP contribution in [0.25, 0.3) is 0 Å². The topological polar surface area (TPSA) is 46.5 Å². The van der Waals surface area contributed by atoms with E-state index in [1.807, 2.05) is 0 Å². The Morgan fingerprint density at radius 1 is 0.804 bits per heavy atom. The molecule has 1 aliphatic heterocycles. The van der Waals surface area contributed by atoms with Crippen molar-refractivity contribution in [3.05, 3.63) is 101 Å². The Bertz CT molecular complexity index is 1370. The number of hydrogen-bond acceptors (Lipinski definition) is 4. The molecule has 2 fully saturated rings. The van der Waals surface area contributed by atoms with E-state index in [4.69, 9.17) is 4.74 Å². The van der Waals surface area contributed by atoms with Gasteiger partial charge in [0.1, 0.15) is 5.75 Å². The number of aryl methyl sites for hydroxylation is 1. The molecular weight excluding hydrogens is 585 g/mol. The molecule has 1 aliphatic carbocycles. The molecule has 1 N–H and O–H groups in total. The summed E-state index contributed by atoms with van der Waals surface area (Å²) in [5.41, 5.74) is 5.88. The maximum Gasteiger partial charge on any atom is 0.306 e. The molecule has 2 atom stereocenters. The van der Waals surface area contributed by atoms with Crippen molar-refractivity contribution in [2.45, 2.75) is 128 Å². The van der Waals surface area contributed by atoms with Gasteiger partial charge >= 0.3 is 5.97 Å². The first kappa shape index (κ1) is 34.6. The highest BCUT2D eigenvalue weighted by atomic mass is 32.2. The first-order valence-electron chi connectivity index (χ1n) is 17.5. The number of ether oxygens (including phenoxy) is 1. The molecule has 1 saturated heterocycles. The van der Waals surface area contributed by atoms with Crippen LogP contribution in [0.4, 0.5) is 0 Å². The smallest absolute Gasteiger partial charge is 0.306 e. The van der Waals surface area contributed by atoms with Gasteiger partial charge in [0.15, 0.2) is 0 Å². The lowest BCUT2D eigenvalue weighted by atomic mass is 9.59. The zero-order chi connectivity index (χ0) is 33.2. The average molecular weight is 641 g/mol. The summed E-state index contributed by atoms with van der Waals surface area (Å²) in [6.45, 7) is 15.6. The van der Waals surface area contributed by atoms with Gasteiger partial charge in [-0.3, -0.25) is 4.79 Å². The van der Waals surface area contributed by atoms with E-state index in [-0.39, 0.29) is 22.2 Å². The first-order chi connectivity index (χ1) is 21.7. The molecule has 1 saturated carbocycles. The van der Waals surface area contributed by atoms with Crippen LogP contribution < -0.4 is 0 Å². The predicted molar refractivity (Wildman–Crippen MR) is 194 cm³/mol. The van der Waals surface area contributed by atoms with E-state index >= 15 is 0 Å². The fraction of sp³-hybridized carbons (Fsp3) is 0.548. The minimum Gasteiger partial charge on any atom is -0.507 e. The Morgan fingerprint density at radius 3 is 1.72 bits per heavy atom. The fourth-order valence-electron chi connectivity index (χ4n) is 7.75. The summed E-state index contributed by atoms with van der Waals surface area (Å²) in [7, 11) is 0. The van der Waals surface area contributed by atoms with Gasteiger partial charge in [-0.05, 0) is 95.4 Å². The highest BCUT2D eigenvalue weighted by molar-refractivity contribution is 7.99. The lowest BCUT2D eigenvalue weighted by Crippen LogP contribution is -2.40. The van der Waals surface area contributed by atoms with E-state index in [2.05, 4.69) is 133 Å². The summed E-state index contributed by atoms with van der Waals surface area (Å²) >= 11 is 2.15. The molecule has 2 aliphatic rings. The molecule has 1 spiro atoms. The van der Waals surface area contributed by atoms with Crippen molar-refractivity contribution in [2.75, 3.05) is 6.61 Å². The van der Waals surface area contributed by atoms with Crippen molar-refractivity contribution in [1.29, 1.82) is 0 Å². The number of phenolic OH excluding ortho intramolecular Hbond substituents is 1. The zero-order valence-electron chi connectivity index (χ0n) is 29.3. The summed E-state index contributed by atoms with van der Waals surface area (Å²) < 4.78 is 6.08. The van der Waals surface area contributed by atoms with Crippen LogP contribution in [0, 0.1) is 10.8 Å². The summed E-state index contributed by atoms with van der Waals surface area (Å²) in [6.07, 6.45) is 9.10. The van der Waals surface area contributed by atoms with E-state index in [9.17, 15) is 9.90 Å². The molecule has 46 heavy (non-hydrogen) atoms. The van der Waals surface area contributed by atoms with Crippen LogP contribution in [-0.2, 0) is 26.8 Å². The summed E-state index contributed by atoms with van der Waals surface area (Å²) in [6, 6.07) is 26.4. The molecule has 2 unspecified atom stereocenters. The average Bonchev–Trinajstić information content (AvgIpc) is 3.04. The number of benzene rings is 3. The van der Waals surface area contributed by atoms with Crippen LogP contribution >= 0.6 is 11.8 Å². The second-order valence-electron chi connectivity index (χ2n) is 16.4. The minimum atomic E-state index is -0.189. The monoisotopic (exact) mass is 640 g/mol. The van der Waals surface area contributed by atoms with Crippen molar-refractivity contribution >= 4 is 17.7 Å². The third-order valence-corrected chi connectivity index (χ3v) is 12.5. The van der Waals surface area contributed by atoms with Crippen LogP contribution in [0.1, 0.15) is 138 Å². The Kier molecular flexibility index (Phi) is 10.4. The Hall–Kier alpha value is -2.72. The number of hydrogen-bond donors (Lipinski definition) is 1. The molecule has 3 aromatic rings. The molecule has 0 bridgehead atoms. The first-order valence-corrected chi connectivity index (χ1v) is 18.4. The number of aromatic hydroxyl groups is 1. The van der Waals surface area contributed by atoms with Gasteiger partial charge in [0.05, 0.1) is 6.61 Å². The van der Waals surface area contributed by atoms with Gasteiger partial charge in [0.2, 0.25) is 0 Å². The number of carbonyl (C=O) groups is 1. The van der Waals surface area contributed by atoms with Crippen LogP contribution in [-0.4, -0.2) is 17.7 Å². The quantitative estimate of drug-likeness (QED) is 0.249. The maximum atomic E-state index is 13.2. The molecule has 248 valence electrons. The lowest BCUT2D eigenvalue weighted by Gasteiger charge is -2.51. The van der Waals surface area contributed by atoms with E-state index in [0.717, 1.165) is 36.0 Å². The largest absolute Gasteiger partial charge is 0.507 e. The summed E-state index contributed by atoms with van der Waals surface area (Å²) in [5.74, 6) is 0.270. The molecule has 3 nitrogen and oxygen atoms in total. The van der Waals surface area contributed by atoms with Gasteiger partial charge in [-0.25, -0.2) is 0 Å². The number of thioether (sulfide) groups is 1. The third-order valence-electron chi connectivity index (χ3n) is 11.0. The van der Waals surface area contributed by atoms with Crippen LogP contribution in [0.3, 0.4) is 0 Å². The molecule has 0 aromatic heterocycles. The molecule has 0 radical (unpaired) electrons. The van der Waals surface area contributed by atoms with Gasteiger partial charge in [-0.15, -0.1) is 11.8 Å². The van der Waals surface area contributed by atoms with Crippen molar-refractivity contribution < 1.29 is 14.6 Å². The lowest BCUT2D eigenvalue weighted by molar-refractivity contribution is -0.149. The van der Waals surface area contributed by atoms with Gasteiger partial charge in [0, 0.05) is 22.3 Å². The van der Waals surface area contributed by atoms with Gasteiger partial charge in [0.25, 0.3) is 0 Å². The molecular formula is C42H56O3S. The van der Waals surface area contributed by atoms with Crippen LogP contribution in [0.5, 0.6) is 5.75 Å². The SMILES string of the molecule is CCC1(COC(=O)CCc2cc(C(C)(C)C)c(O)c(C(C)(C)C)c2)CCC2(CC1)CC(c1ccccc1)SC(c1ccccc1)C2. The van der Waals surface area contributed by atoms with Crippen LogP contribution in [0.2, 0.25) is 0 Å². The Morgan fingerprint density at radius 2 is 1.28 bits per heavy atom. The second-order valence-corrected chi connectivity index (χ2v) is 17.8. The molecule has 1 heterocycles. The molecule has 3 aromatic carbocycles. The van der Waals surface area contributed by atoms with E-state index in [0.29, 0.717) is 41.1 Å². The summed E-state index contributed by atoms with van der Waals surface area (Å²) in [4.78, 5) is 13.2. The van der Waals surface area contributed by atoms with Crippen molar-refractivity contribution in [3.63, 3.8) is 0 Å². The number of rotatable bonds is 8. The predicted octanol–water partition coefficient (Wildman–Crippen LogP) is 11.4. The van der Waals surface area contributed by atoms with E-state index in [1.54, 1.807) is 0 Å². The van der Waals surface area contributed by atoms with E-state index < -0.39 is 0 Å². The summed E-state index contributed by atoms with van der Waals surface area (Å²) in [5, 5.41) is 12.1. The molecule has 4 heteroatoms. The van der Waals surface area contributed by atoms with Gasteiger partial charge in [-0.2, -0.15) is 0 Å². The molecule has 5 rings (SSSR count). The van der Waals surface area contributed by atoms with Gasteiger partial charge in [-0.1, -0.05) is 121 Å². The Labute approximate surface area is 282 Å².